The van der Waals surface area contributed by atoms with Crippen molar-refractivity contribution in [3.8, 4) is 0 Å². The first kappa shape index (κ1) is 13.6. The molecule has 0 atom stereocenters. The molecule has 0 radical (unpaired) electrons. The van der Waals surface area contributed by atoms with Gasteiger partial charge in [-0.15, -0.1) is 0 Å². The van der Waals surface area contributed by atoms with Crippen LogP contribution >= 0.6 is 0 Å². The third kappa shape index (κ3) is 2.13. The van der Waals surface area contributed by atoms with Crippen molar-refractivity contribution in [3.63, 3.8) is 0 Å². The van der Waals surface area contributed by atoms with Crippen molar-refractivity contribution in [1.29, 1.82) is 0 Å². The Bertz CT molecular complexity index is 522. The highest BCUT2D eigenvalue weighted by atomic mass is 16.7. The number of nitrogens with zero attached hydrogens (tertiary/aromatic N) is 3. The summed E-state index contributed by atoms with van der Waals surface area (Å²) in [6, 6.07) is 0. The number of rotatable bonds is 1. The number of aromatic nitrogens is 2. The van der Waals surface area contributed by atoms with Crippen LogP contribution < -0.4 is 0 Å². The molecule has 2 aliphatic heterocycles. The van der Waals surface area contributed by atoms with E-state index in [0.717, 1.165) is 29.8 Å². The Balaban J connectivity index is 1.73. The van der Waals surface area contributed by atoms with Gasteiger partial charge < -0.3 is 14.4 Å². The average molecular weight is 279 g/mol. The van der Waals surface area contributed by atoms with E-state index < -0.39 is 5.79 Å². The van der Waals surface area contributed by atoms with Gasteiger partial charge in [-0.2, -0.15) is 5.10 Å². The van der Waals surface area contributed by atoms with Crippen molar-refractivity contribution in [2.24, 2.45) is 7.05 Å². The standard InChI is InChI=1S/C14H21N3O3/c1-10-12(11(2)16(3)15-10)13(18)17-6-4-14(5-7-17)19-8-9-20-14/h4-9H2,1-3H3. The molecular weight excluding hydrogens is 258 g/mol. The smallest absolute Gasteiger partial charge is 0.257 e. The molecule has 1 aromatic heterocycles. The summed E-state index contributed by atoms with van der Waals surface area (Å²) in [4.78, 5) is 14.5. The summed E-state index contributed by atoms with van der Waals surface area (Å²) in [7, 11) is 1.87. The lowest BCUT2D eigenvalue weighted by Gasteiger charge is -2.37. The number of carbonyl (C=O) groups is 1. The van der Waals surface area contributed by atoms with Gasteiger partial charge in [-0.3, -0.25) is 9.48 Å². The normalized spacial score (nSPS) is 21.6. The zero-order valence-corrected chi connectivity index (χ0v) is 12.3. The lowest BCUT2D eigenvalue weighted by molar-refractivity contribution is -0.181. The van der Waals surface area contributed by atoms with Crippen LogP contribution in [0.2, 0.25) is 0 Å². The maximum absolute atomic E-state index is 12.6. The Kier molecular flexibility index (Phi) is 3.30. The molecule has 2 fully saturated rings. The van der Waals surface area contributed by atoms with Gasteiger partial charge in [0.05, 0.1) is 24.5 Å². The van der Waals surface area contributed by atoms with Crippen molar-refractivity contribution in [3.05, 3.63) is 17.0 Å². The van der Waals surface area contributed by atoms with E-state index in [-0.39, 0.29) is 5.91 Å². The molecule has 1 amide bonds. The third-order valence-corrected chi connectivity index (χ3v) is 4.35. The van der Waals surface area contributed by atoms with Crippen molar-refractivity contribution in [1.82, 2.24) is 14.7 Å². The SMILES string of the molecule is Cc1nn(C)c(C)c1C(=O)N1CCC2(CC1)OCCO2. The summed E-state index contributed by atoms with van der Waals surface area (Å²) in [5.74, 6) is -0.364. The van der Waals surface area contributed by atoms with E-state index >= 15 is 0 Å². The van der Waals surface area contributed by atoms with Crippen LogP contribution in [0.15, 0.2) is 0 Å². The summed E-state index contributed by atoms with van der Waals surface area (Å²) in [5.41, 5.74) is 2.45. The van der Waals surface area contributed by atoms with Gasteiger partial charge in [0.25, 0.3) is 5.91 Å². The summed E-state index contributed by atoms with van der Waals surface area (Å²) >= 11 is 0. The topological polar surface area (TPSA) is 56.6 Å². The first-order valence-electron chi connectivity index (χ1n) is 7.10. The molecule has 0 bridgehead atoms. The van der Waals surface area contributed by atoms with E-state index in [1.54, 1.807) is 4.68 Å². The molecule has 0 unspecified atom stereocenters. The zero-order valence-electron chi connectivity index (χ0n) is 12.3. The number of aryl methyl sites for hydroxylation is 2. The molecule has 110 valence electrons. The minimum Gasteiger partial charge on any atom is -0.347 e. The number of piperidine rings is 1. The van der Waals surface area contributed by atoms with Crippen molar-refractivity contribution >= 4 is 5.91 Å². The Labute approximate surface area is 118 Å². The van der Waals surface area contributed by atoms with Gasteiger partial charge in [0, 0.05) is 38.7 Å². The lowest BCUT2D eigenvalue weighted by atomic mass is 10.0. The lowest BCUT2D eigenvalue weighted by Crippen LogP contribution is -2.47. The van der Waals surface area contributed by atoms with Gasteiger partial charge >= 0.3 is 0 Å². The van der Waals surface area contributed by atoms with E-state index in [2.05, 4.69) is 5.10 Å². The minimum atomic E-state index is -0.435. The molecule has 1 spiro atoms. The number of hydrogen-bond acceptors (Lipinski definition) is 4. The Morgan fingerprint density at radius 2 is 1.80 bits per heavy atom. The van der Waals surface area contributed by atoms with Crippen LogP contribution in [0.4, 0.5) is 0 Å². The van der Waals surface area contributed by atoms with Crippen LogP contribution in [0.3, 0.4) is 0 Å². The van der Waals surface area contributed by atoms with Crippen LogP contribution in [0, 0.1) is 13.8 Å². The maximum atomic E-state index is 12.6. The van der Waals surface area contributed by atoms with Crippen LogP contribution in [0.1, 0.15) is 34.6 Å². The minimum absolute atomic E-state index is 0.0703. The molecule has 2 saturated heterocycles. The van der Waals surface area contributed by atoms with E-state index in [1.807, 2.05) is 25.8 Å². The van der Waals surface area contributed by atoms with Crippen LogP contribution in [0.25, 0.3) is 0 Å². The molecule has 3 rings (SSSR count). The Hall–Kier alpha value is -1.40. The second kappa shape index (κ2) is 4.86. The molecule has 1 aromatic rings. The fourth-order valence-corrected chi connectivity index (χ4v) is 3.08. The van der Waals surface area contributed by atoms with Gasteiger partial charge in [0.2, 0.25) is 0 Å². The van der Waals surface area contributed by atoms with Gasteiger partial charge in [0.1, 0.15) is 0 Å². The second-order valence-electron chi connectivity index (χ2n) is 5.57. The first-order chi connectivity index (χ1) is 9.52. The molecular formula is C14H21N3O3. The van der Waals surface area contributed by atoms with Gasteiger partial charge in [-0.1, -0.05) is 0 Å². The first-order valence-corrected chi connectivity index (χ1v) is 7.10. The fourth-order valence-electron chi connectivity index (χ4n) is 3.08. The molecule has 0 aromatic carbocycles. The average Bonchev–Trinajstić information content (AvgIpc) is 2.97. The van der Waals surface area contributed by atoms with E-state index in [1.165, 1.54) is 0 Å². The molecule has 0 aliphatic carbocycles. The highest BCUT2D eigenvalue weighted by molar-refractivity contribution is 5.96. The summed E-state index contributed by atoms with van der Waals surface area (Å²) < 4.78 is 13.1. The number of carbonyl (C=O) groups excluding carboxylic acids is 1. The van der Waals surface area contributed by atoms with E-state index in [4.69, 9.17) is 9.47 Å². The molecule has 3 heterocycles. The van der Waals surface area contributed by atoms with Gasteiger partial charge in [-0.05, 0) is 13.8 Å². The van der Waals surface area contributed by atoms with E-state index in [0.29, 0.717) is 26.3 Å². The van der Waals surface area contributed by atoms with E-state index in [9.17, 15) is 4.79 Å². The van der Waals surface area contributed by atoms with Crippen molar-refractivity contribution in [2.45, 2.75) is 32.5 Å². The highest BCUT2D eigenvalue weighted by Gasteiger charge is 2.41. The van der Waals surface area contributed by atoms with Gasteiger partial charge in [0.15, 0.2) is 5.79 Å². The monoisotopic (exact) mass is 279 g/mol. The number of amides is 1. The second-order valence-corrected chi connectivity index (χ2v) is 5.57. The summed E-state index contributed by atoms with van der Waals surface area (Å²) in [6.45, 7) is 6.49. The Morgan fingerprint density at radius 3 is 2.30 bits per heavy atom. The highest BCUT2D eigenvalue weighted by Crippen LogP contribution is 2.32. The number of hydrogen-bond donors (Lipinski definition) is 0. The fraction of sp³-hybridized carbons (Fsp3) is 0.714. The van der Waals surface area contributed by atoms with Crippen LogP contribution in [0.5, 0.6) is 0 Å². The maximum Gasteiger partial charge on any atom is 0.257 e. The summed E-state index contributed by atoms with van der Waals surface area (Å²) in [5, 5.41) is 4.32. The predicted octanol–water partition coefficient (Wildman–Crippen LogP) is 1.02. The number of likely N-dealkylation sites (tertiary alicyclic amines) is 1. The molecule has 2 aliphatic rings. The van der Waals surface area contributed by atoms with Crippen LogP contribution in [-0.2, 0) is 16.5 Å². The van der Waals surface area contributed by atoms with Crippen molar-refractivity contribution < 1.29 is 14.3 Å². The largest absolute Gasteiger partial charge is 0.347 e. The number of ether oxygens (including phenoxy) is 2. The molecule has 0 N–H and O–H groups in total. The molecule has 20 heavy (non-hydrogen) atoms. The quantitative estimate of drug-likeness (QED) is 0.770. The van der Waals surface area contributed by atoms with Crippen molar-refractivity contribution in [2.75, 3.05) is 26.3 Å². The van der Waals surface area contributed by atoms with Gasteiger partial charge in [-0.25, -0.2) is 0 Å². The molecule has 6 nitrogen and oxygen atoms in total. The molecule has 6 heteroatoms. The molecule has 0 saturated carbocycles. The third-order valence-electron chi connectivity index (χ3n) is 4.35. The summed E-state index contributed by atoms with van der Waals surface area (Å²) in [6.07, 6.45) is 1.49. The predicted molar refractivity (Wildman–Crippen MR) is 72.5 cm³/mol. The Morgan fingerprint density at radius 1 is 1.20 bits per heavy atom. The van der Waals surface area contributed by atoms with Crippen LogP contribution in [-0.4, -0.2) is 52.7 Å². The zero-order chi connectivity index (χ0) is 14.3.